The third-order valence-electron chi connectivity index (χ3n) is 3.50. The zero-order chi connectivity index (χ0) is 15.0. The van der Waals surface area contributed by atoms with Crippen LogP contribution in [0.5, 0.6) is 5.75 Å². The number of fused-ring (bicyclic) bond motifs is 1. The van der Waals surface area contributed by atoms with Gasteiger partial charge in [-0.1, -0.05) is 24.3 Å². The van der Waals surface area contributed by atoms with Gasteiger partial charge in [0.1, 0.15) is 22.5 Å². The van der Waals surface area contributed by atoms with Gasteiger partial charge in [0.2, 0.25) is 0 Å². The highest BCUT2D eigenvalue weighted by molar-refractivity contribution is 5.78. The van der Waals surface area contributed by atoms with E-state index in [4.69, 9.17) is 0 Å². The molecule has 0 spiro atoms. The van der Waals surface area contributed by atoms with Gasteiger partial charge < -0.3 is 5.11 Å². The van der Waals surface area contributed by atoms with Crippen LogP contribution in [0.3, 0.4) is 0 Å². The summed E-state index contributed by atoms with van der Waals surface area (Å²) in [5.74, 6) is 0.214. The molecule has 0 atom stereocenters. The Hall–Kier alpha value is -2.62. The van der Waals surface area contributed by atoms with E-state index in [-0.39, 0.29) is 5.75 Å². The summed E-state index contributed by atoms with van der Waals surface area (Å²) in [4.78, 5) is 1.51. The van der Waals surface area contributed by atoms with Gasteiger partial charge in [-0.15, -0.1) is 21.6 Å². The summed E-state index contributed by atoms with van der Waals surface area (Å²) in [6, 6.07) is 9.72. The molecular formula is C17H17N3O. The first kappa shape index (κ1) is 13.4. The molecule has 0 aliphatic heterocycles. The van der Waals surface area contributed by atoms with Crippen molar-refractivity contribution in [1.82, 2.24) is 15.0 Å². The SMILES string of the molecule is C=CCc1cccc2nn(-c3cc(C)cc(C)c3O)nc12. The summed E-state index contributed by atoms with van der Waals surface area (Å²) >= 11 is 0. The zero-order valence-corrected chi connectivity index (χ0v) is 12.2. The van der Waals surface area contributed by atoms with Crippen molar-refractivity contribution < 1.29 is 5.11 Å². The van der Waals surface area contributed by atoms with E-state index in [1.54, 1.807) is 0 Å². The Morgan fingerprint density at radius 3 is 2.81 bits per heavy atom. The zero-order valence-electron chi connectivity index (χ0n) is 12.2. The first-order valence-corrected chi connectivity index (χ1v) is 6.86. The average Bonchev–Trinajstić information content (AvgIpc) is 2.88. The second kappa shape index (κ2) is 5.05. The molecule has 0 radical (unpaired) electrons. The number of rotatable bonds is 3. The van der Waals surface area contributed by atoms with Gasteiger partial charge >= 0.3 is 0 Å². The quantitative estimate of drug-likeness (QED) is 0.747. The van der Waals surface area contributed by atoms with E-state index >= 15 is 0 Å². The number of allylic oxidation sites excluding steroid dienone is 1. The van der Waals surface area contributed by atoms with Crippen LogP contribution in [0.2, 0.25) is 0 Å². The van der Waals surface area contributed by atoms with Crippen LogP contribution in [-0.4, -0.2) is 20.1 Å². The number of benzene rings is 2. The highest BCUT2D eigenvalue weighted by atomic mass is 16.3. The smallest absolute Gasteiger partial charge is 0.146 e. The van der Waals surface area contributed by atoms with Crippen LogP contribution >= 0.6 is 0 Å². The number of aromatic hydroxyl groups is 1. The Kier molecular flexibility index (Phi) is 3.22. The van der Waals surface area contributed by atoms with Crippen molar-refractivity contribution in [2.45, 2.75) is 20.3 Å². The maximum Gasteiger partial charge on any atom is 0.146 e. The second-order valence-corrected chi connectivity index (χ2v) is 5.22. The lowest BCUT2D eigenvalue weighted by molar-refractivity contribution is 0.463. The first-order valence-electron chi connectivity index (χ1n) is 6.86. The molecule has 0 unspecified atom stereocenters. The van der Waals surface area contributed by atoms with Crippen LogP contribution in [0, 0.1) is 13.8 Å². The fraction of sp³-hybridized carbons (Fsp3) is 0.176. The molecule has 0 aliphatic rings. The predicted octanol–water partition coefficient (Wildman–Crippen LogP) is 3.47. The van der Waals surface area contributed by atoms with E-state index in [2.05, 4.69) is 16.8 Å². The van der Waals surface area contributed by atoms with Gasteiger partial charge in [-0.05, 0) is 49.1 Å². The summed E-state index contributed by atoms with van der Waals surface area (Å²) in [5, 5.41) is 19.3. The molecule has 2 aromatic carbocycles. The number of phenols is 1. The largest absolute Gasteiger partial charge is 0.505 e. The van der Waals surface area contributed by atoms with Crippen LogP contribution in [0.25, 0.3) is 16.7 Å². The number of nitrogens with zero attached hydrogens (tertiary/aromatic N) is 3. The molecule has 4 nitrogen and oxygen atoms in total. The summed E-state index contributed by atoms with van der Waals surface area (Å²) in [6.45, 7) is 7.63. The van der Waals surface area contributed by atoms with Crippen LogP contribution in [0.1, 0.15) is 16.7 Å². The molecule has 1 N–H and O–H groups in total. The van der Waals surface area contributed by atoms with Gasteiger partial charge in [0, 0.05) is 0 Å². The van der Waals surface area contributed by atoms with Crippen LogP contribution in [0.15, 0.2) is 43.0 Å². The van der Waals surface area contributed by atoms with Gasteiger partial charge in [-0.3, -0.25) is 0 Å². The maximum atomic E-state index is 10.3. The number of aryl methyl sites for hydroxylation is 2. The molecule has 1 aromatic heterocycles. The molecule has 3 aromatic rings. The van der Waals surface area contributed by atoms with Gasteiger partial charge in [0.05, 0.1) is 0 Å². The Labute approximate surface area is 123 Å². The summed E-state index contributed by atoms with van der Waals surface area (Å²) < 4.78 is 0. The van der Waals surface area contributed by atoms with Crippen molar-refractivity contribution in [2.75, 3.05) is 0 Å². The van der Waals surface area contributed by atoms with E-state index in [0.29, 0.717) is 5.69 Å². The molecule has 0 amide bonds. The molecule has 1 heterocycles. The fourth-order valence-electron chi connectivity index (χ4n) is 2.51. The lowest BCUT2D eigenvalue weighted by Crippen LogP contribution is -2.00. The molecular weight excluding hydrogens is 262 g/mol. The molecule has 0 saturated carbocycles. The van der Waals surface area contributed by atoms with E-state index in [0.717, 1.165) is 34.1 Å². The lowest BCUT2D eigenvalue weighted by Gasteiger charge is -2.07. The first-order chi connectivity index (χ1) is 10.1. The van der Waals surface area contributed by atoms with Crippen molar-refractivity contribution >= 4 is 11.0 Å². The molecule has 4 heteroatoms. The number of phenolic OH excluding ortho intramolecular Hbond substituents is 1. The standard InChI is InChI=1S/C17H17N3O/c1-4-6-13-7-5-8-14-16(13)19-20(18-14)15-10-11(2)9-12(3)17(15)21/h4-5,7-10,21H,1,6H2,2-3H3. The fourth-order valence-corrected chi connectivity index (χ4v) is 2.51. The summed E-state index contributed by atoms with van der Waals surface area (Å²) in [5.41, 5.74) is 5.22. The highest BCUT2D eigenvalue weighted by Gasteiger charge is 2.13. The topological polar surface area (TPSA) is 50.9 Å². The van der Waals surface area contributed by atoms with Crippen LogP contribution in [0.4, 0.5) is 0 Å². The number of hydrogen-bond donors (Lipinski definition) is 1. The Balaban J connectivity index is 2.22. The number of hydrogen-bond acceptors (Lipinski definition) is 3. The minimum atomic E-state index is 0.214. The van der Waals surface area contributed by atoms with Crippen molar-refractivity contribution in [3.63, 3.8) is 0 Å². The van der Waals surface area contributed by atoms with Crippen LogP contribution in [-0.2, 0) is 6.42 Å². The summed E-state index contributed by atoms with van der Waals surface area (Å²) in [7, 11) is 0. The lowest BCUT2D eigenvalue weighted by atomic mass is 10.1. The van der Waals surface area contributed by atoms with Crippen molar-refractivity contribution in [1.29, 1.82) is 0 Å². The summed E-state index contributed by atoms with van der Waals surface area (Å²) in [6.07, 6.45) is 2.59. The molecule has 0 fully saturated rings. The second-order valence-electron chi connectivity index (χ2n) is 5.22. The Morgan fingerprint density at radius 1 is 1.24 bits per heavy atom. The van der Waals surface area contributed by atoms with Crippen molar-refractivity contribution in [2.24, 2.45) is 0 Å². The van der Waals surface area contributed by atoms with E-state index < -0.39 is 0 Å². The predicted molar refractivity (Wildman–Crippen MR) is 83.9 cm³/mol. The van der Waals surface area contributed by atoms with Gasteiger partial charge in [-0.2, -0.15) is 0 Å². The molecule has 0 bridgehead atoms. The van der Waals surface area contributed by atoms with Crippen molar-refractivity contribution in [3.8, 4) is 11.4 Å². The van der Waals surface area contributed by atoms with Crippen molar-refractivity contribution in [3.05, 3.63) is 59.7 Å². The van der Waals surface area contributed by atoms with E-state index in [9.17, 15) is 5.11 Å². The molecule has 3 rings (SSSR count). The maximum absolute atomic E-state index is 10.3. The molecule has 0 saturated heterocycles. The van der Waals surface area contributed by atoms with Gasteiger partial charge in [0.15, 0.2) is 0 Å². The van der Waals surface area contributed by atoms with Crippen LogP contribution < -0.4 is 0 Å². The monoisotopic (exact) mass is 279 g/mol. The Morgan fingerprint density at radius 2 is 2.05 bits per heavy atom. The molecule has 0 aliphatic carbocycles. The highest BCUT2D eigenvalue weighted by Crippen LogP contribution is 2.27. The van der Waals surface area contributed by atoms with E-state index in [1.807, 2.05) is 50.3 Å². The van der Waals surface area contributed by atoms with Gasteiger partial charge in [-0.25, -0.2) is 0 Å². The third-order valence-corrected chi connectivity index (χ3v) is 3.50. The molecule has 21 heavy (non-hydrogen) atoms. The molecule has 106 valence electrons. The van der Waals surface area contributed by atoms with Gasteiger partial charge in [0.25, 0.3) is 0 Å². The third kappa shape index (κ3) is 2.29. The minimum Gasteiger partial charge on any atom is -0.505 e. The average molecular weight is 279 g/mol. The Bertz CT molecular complexity index is 833. The number of aromatic nitrogens is 3. The van der Waals surface area contributed by atoms with E-state index in [1.165, 1.54) is 4.80 Å². The minimum absolute atomic E-state index is 0.214. The normalized spacial score (nSPS) is 11.0.